The maximum atomic E-state index is 10.2. The minimum atomic E-state index is -0.792. The normalized spacial score (nSPS) is 11.6. The first-order valence-corrected chi connectivity index (χ1v) is 14.6. The lowest BCUT2D eigenvalue weighted by molar-refractivity contribution is 0.00420. The molecular formula is C32H64N2O4. The average Bonchev–Trinajstić information content (AvgIpc) is 2.96. The molecule has 1 aromatic carbocycles. The van der Waals surface area contributed by atoms with Gasteiger partial charge in [-0.1, -0.05) is 99.6 Å². The van der Waals surface area contributed by atoms with Crippen LogP contribution in [0, 0.1) is 5.92 Å². The summed E-state index contributed by atoms with van der Waals surface area (Å²) in [6.45, 7) is 27.2. The van der Waals surface area contributed by atoms with E-state index in [4.69, 9.17) is 14.6 Å². The highest BCUT2D eigenvalue weighted by molar-refractivity contribution is 5.27. The quantitative estimate of drug-likeness (QED) is 0.136. The molecule has 6 nitrogen and oxygen atoms in total. The summed E-state index contributed by atoms with van der Waals surface area (Å²) in [5, 5.41) is 23.5. The average molecular weight is 541 g/mol. The number of allylic oxidation sites excluding steroid dienone is 1. The molecule has 1 unspecified atom stereocenters. The molecule has 1 rings (SSSR count). The Hall–Kier alpha value is -1.70. The molecule has 0 heterocycles. The number of ether oxygens (including phenoxy) is 2. The molecule has 0 saturated heterocycles. The van der Waals surface area contributed by atoms with Crippen molar-refractivity contribution in [3.8, 4) is 5.75 Å². The number of hydrogen-bond acceptors (Lipinski definition) is 6. The molecule has 1 atom stereocenters. The van der Waals surface area contributed by atoms with Crippen LogP contribution in [0.5, 0.6) is 5.75 Å². The van der Waals surface area contributed by atoms with Crippen LogP contribution in [0.3, 0.4) is 0 Å². The fourth-order valence-corrected chi connectivity index (χ4v) is 2.62. The van der Waals surface area contributed by atoms with Crippen molar-refractivity contribution in [2.45, 2.75) is 114 Å². The Balaban J connectivity index is -0.000000656. The molecule has 0 aromatic heterocycles. The van der Waals surface area contributed by atoms with E-state index in [1.165, 1.54) is 0 Å². The van der Waals surface area contributed by atoms with Gasteiger partial charge >= 0.3 is 0 Å². The van der Waals surface area contributed by atoms with Crippen molar-refractivity contribution in [1.29, 1.82) is 0 Å². The molecule has 226 valence electrons. The second kappa shape index (κ2) is 31.5. The summed E-state index contributed by atoms with van der Waals surface area (Å²) in [5.41, 5.74) is 1.89. The maximum absolute atomic E-state index is 10.2. The number of benzene rings is 1. The SMILES string of the molecule is CC.CC.CC.CC/C=C(\C=C/C(C)(C)OCC(C)C)CNC(O)NCc1ccc(OCCC)cc1.CO. The topological polar surface area (TPSA) is 83.0 Å². The third-order valence-electron chi connectivity index (χ3n) is 4.35. The van der Waals surface area contributed by atoms with Crippen LogP contribution in [0.4, 0.5) is 0 Å². The van der Waals surface area contributed by atoms with Crippen molar-refractivity contribution in [1.82, 2.24) is 10.6 Å². The van der Waals surface area contributed by atoms with Gasteiger partial charge in [0, 0.05) is 20.2 Å². The Morgan fingerprint density at radius 3 is 1.97 bits per heavy atom. The van der Waals surface area contributed by atoms with Gasteiger partial charge < -0.3 is 19.7 Å². The van der Waals surface area contributed by atoms with Crippen LogP contribution in [-0.2, 0) is 11.3 Å². The second-order valence-electron chi connectivity index (χ2n) is 8.49. The smallest absolute Gasteiger partial charge is 0.161 e. The number of aliphatic hydroxyl groups excluding tert-OH is 2. The van der Waals surface area contributed by atoms with Crippen LogP contribution in [0.15, 0.2) is 48.1 Å². The van der Waals surface area contributed by atoms with Crippen LogP contribution < -0.4 is 15.4 Å². The Morgan fingerprint density at radius 1 is 0.947 bits per heavy atom. The summed E-state index contributed by atoms with van der Waals surface area (Å²) in [6.07, 6.45) is 7.46. The zero-order chi connectivity index (χ0) is 30.4. The molecular weight excluding hydrogens is 476 g/mol. The minimum absolute atomic E-state index is 0.318. The summed E-state index contributed by atoms with van der Waals surface area (Å²) < 4.78 is 11.6. The zero-order valence-electron chi connectivity index (χ0n) is 27.1. The van der Waals surface area contributed by atoms with E-state index in [0.29, 0.717) is 19.0 Å². The molecule has 6 heteroatoms. The van der Waals surface area contributed by atoms with E-state index in [-0.39, 0.29) is 5.60 Å². The van der Waals surface area contributed by atoms with Crippen LogP contribution in [0.1, 0.15) is 101 Å². The molecule has 0 aliphatic rings. The first-order chi connectivity index (χ1) is 18.3. The van der Waals surface area contributed by atoms with Gasteiger partial charge in [-0.25, -0.2) is 0 Å². The predicted octanol–water partition coefficient (Wildman–Crippen LogP) is 7.46. The van der Waals surface area contributed by atoms with Crippen LogP contribution in [0.2, 0.25) is 0 Å². The lowest BCUT2D eigenvalue weighted by Crippen LogP contribution is -2.42. The molecule has 0 saturated carbocycles. The molecule has 0 fully saturated rings. The van der Waals surface area contributed by atoms with Gasteiger partial charge in [-0.15, -0.1) is 0 Å². The van der Waals surface area contributed by atoms with E-state index in [0.717, 1.165) is 50.1 Å². The molecule has 1 aromatic rings. The third-order valence-corrected chi connectivity index (χ3v) is 4.35. The Kier molecular flexibility index (Phi) is 36.0. The highest BCUT2D eigenvalue weighted by Gasteiger charge is 2.15. The molecule has 38 heavy (non-hydrogen) atoms. The molecule has 0 aliphatic carbocycles. The van der Waals surface area contributed by atoms with Crippen LogP contribution in [0.25, 0.3) is 0 Å². The summed E-state index contributed by atoms with van der Waals surface area (Å²) >= 11 is 0. The van der Waals surface area contributed by atoms with E-state index in [1.54, 1.807) is 0 Å². The Labute approximate surface area is 236 Å². The zero-order valence-corrected chi connectivity index (χ0v) is 27.1. The first-order valence-electron chi connectivity index (χ1n) is 14.6. The Morgan fingerprint density at radius 2 is 1.50 bits per heavy atom. The van der Waals surface area contributed by atoms with Crippen molar-refractivity contribution < 1.29 is 19.7 Å². The predicted molar refractivity (Wildman–Crippen MR) is 168 cm³/mol. The van der Waals surface area contributed by atoms with Crippen molar-refractivity contribution in [3.63, 3.8) is 0 Å². The number of rotatable bonds is 15. The second-order valence-corrected chi connectivity index (χ2v) is 8.49. The largest absolute Gasteiger partial charge is 0.494 e. The van der Waals surface area contributed by atoms with E-state index in [1.807, 2.05) is 65.8 Å². The summed E-state index contributed by atoms with van der Waals surface area (Å²) in [5.74, 6) is 1.38. The fraction of sp³-hybridized carbons (Fsp3) is 0.688. The van der Waals surface area contributed by atoms with Crippen molar-refractivity contribution >= 4 is 0 Å². The van der Waals surface area contributed by atoms with Gasteiger partial charge in [-0.3, -0.25) is 10.6 Å². The highest BCUT2D eigenvalue weighted by Crippen LogP contribution is 2.15. The monoisotopic (exact) mass is 540 g/mol. The first kappa shape index (κ1) is 43.4. The highest BCUT2D eigenvalue weighted by atomic mass is 16.5. The van der Waals surface area contributed by atoms with Crippen LogP contribution in [-0.4, -0.2) is 49.0 Å². The van der Waals surface area contributed by atoms with E-state index < -0.39 is 6.35 Å². The molecule has 0 amide bonds. The molecule has 0 aliphatic heterocycles. The van der Waals surface area contributed by atoms with Gasteiger partial charge in [-0.2, -0.15) is 0 Å². The van der Waals surface area contributed by atoms with E-state index in [2.05, 4.69) is 70.4 Å². The van der Waals surface area contributed by atoms with Crippen molar-refractivity contribution in [2.24, 2.45) is 5.92 Å². The van der Waals surface area contributed by atoms with Crippen LogP contribution >= 0.6 is 0 Å². The molecule has 0 radical (unpaired) electrons. The van der Waals surface area contributed by atoms with Crippen molar-refractivity contribution in [2.75, 3.05) is 26.9 Å². The molecule has 0 bridgehead atoms. The summed E-state index contributed by atoms with van der Waals surface area (Å²) in [4.78, 5) is 0. The lowest BCUT2D eigenvalue weighted by Gasteiger charge is -2.23. The molecule has 4 N–H and O–H groups in total. The number of aliphatic hydroxyl groups is 2. The van der Waals surface area contributed by atoms with Gasteiger partial charge in [0.1, 0.15) is 5.75 Å². The third kappa shape index (κ3) is 27.3. The summed E-state index contributed by atoms with van der Waals surface area (Å²) in [6, 6.07) is 7.94. The number of hydrogen-bond donors (Lipinski definition) is 4. The van der Waals surface area contributed by atoms with Gasteiger partial charge in [0.15, 0.2) is 6.35 Å². The minimum Gasteiger partial charge on any atom is -0.494 e. The maximum Gasteiger partial charge on any atom is 0.161 e. The Bertz CT molecular complexity index is 641. The van der Waals surface area contributed by atoms with Gasteiger partial charge in [0.05, 0.1) is 18.8 Å². The van der Waals surface area contributed by atoms with Crippen molar-refractivity contribution in [3.05, 3.63) is 53.6 Å². The van der Waals surface area contributed by atoms with E-state index in [9.17, 15) is 5.11 Å². The molecule has 0 spiro atoms. The lowest BCUT2D eigenvalue weighted by atomic mass is 10.1. The number of nitrogens with one attached hydrogen (secondary N) is 2. The van der Waals surface area contributed by atoms with E-state index >= 15 is 0 Å². The summed E-state index contributed by atoms with van der Waals surface area (Å²) in [7, 11) is 1.00. The van der Waals surface area contributed by atoms with Gasteiger partial charge in [0.2, 0.25) is 0 Å². The standard InChI is InChI=1S/C25H42N2O3.3C2H6.CH4O/c1-7-9-21(14-15-25(5,6)30-19-20(3)4)17-26-24(28)27-18-22-10-12-23(13-11-22)29-16-8-2;4*1-2/h9-15,20,24,26-28H,7-8,16-19H2,1-6H3;3*1-2H3;2H,1H3/b15-14-,21-9+;;;;. The fourth-order valence-electron chi connectivity index (χ4n) is 2.62. The van der Waals surface area contributed by atoms with Gasteiger partial charge in [-0.05, 0) is 55.9 Å². The van der Waals surface area contributed by atoms with Gasteiger partial charge in [0.25, 0.3) is 0 Å².